The third-order valence-corrected chi connectivity index (χ3v) is 5.55. The van der Waals surface area contributed by atoms with E-state index in [4.69, 9.17) is 11.6 Å². The first kappa shape index (κ1) is 18.5. The quantitative estimate of drug-likeness (QED) is 0.618. The predicted octanol–water partition coefficient (Wildman–Crippen LogP) is 4.15. The number of rotatable bonds is 5. The SMILES string of the molecule is Cc1ccc(-n2cnnc2SC(C(=O)N(C)C)c2ccccc2)cc1Cl. The van der Waals surface area contributed by atoms with Crippen LogP contribution in [0.4, 0.5) is 0 Å². The van der Waals surface area contributed by atoms with Crippen LogP contribution in [0.2, 0.25) is 5.02 Å². The molecule has 2 aromatic carbocycles. The van der Waals surface area contributed by atoms with Crippen LogP contribution in [0, 0.1) is 6.92 Å². The van der Waals surface area contributed by atoms with Gasteiger partial charge in [0.2, 0.25) is 5.91 Å². The van der Waals surface area contributed by atoms with Gasteiger partial charge in [0.05, 0.1) is 5.69 Å². The number of benzene rings is 2. The van der Waals surface area contributed by atoms with E-state index in [1.165, 1.54) is 11.8 Å². The standard InChI is InChI=1S/C19H19ClN4OS/c1-13-9-10-15(11-16(13)20)24-12-21-22-19(24)26-17(18(25)23(2)3)14-7-5-4-6-8-14/h4-12,17H,1-3H3. The van der Waals surface area contributed by atoms with Crippen LogP contribution in [0.5, 0.6) is 0 Å². The highest BCUT2D eigenvalue weighted by Gasteiger charge is 2.26. The molecule has 0 radical (unpaired) electrons. The second kappa shape index (κ2) is 7.93. The van der Waals surface area contributed by atoms with Gasteiger partial charge in [-0.25, -0.2) is 0 Å². The molecule has 0 saturated carbocycles. The molecule has 1 unspecified atom stereocenters. The Morgan fingerprint density at radius 3 is 2.58 bits per heavy atom. The minimum atomic E-state index is -0.407. The van der Waals surface area contributed by atoms with Crippen LogP contribution in [-0.4, -0.2) is 39.7 Å². The second-order valence-electron chi connectivity index (χ2n) is 6.06. The largest absolute Gasteiger partial charge is 0.348 e. The molecular formula is C19H19ClN4OS. The molecule has 1 atom stereocenters. The fourth-order valence-electron chi connectivity index (χ4n) is 2.44. The molecule has 3 aromatic rings. The smallest absolute Gasteiger partial charge is 0.240 e. The molecule has 0 saturated heterocycles. The Kier molecular flexibility index (Phi) is 5.64. The van der Waals surface area contributed by atoms with Crippen molar-refractivity contribution in [2.45, 2.75) is 17.3 Å². The van der Waals surface area contributed by atoms with Gasteiger partial charge in [-0.2, -0.15) is 0 Å². The van der Waals surface area contributed by atoms with Crippen LogP contribution in [-0.2, 0) is 4.79 Å². The normalized spacial score (nSPS) is 12.0. The summed E-state index contributed by atoms with van der Waals surface area (Å²) < 4.78 is 1.84. The van der Waals surface area contributed by atoms with Gasteiger partial charge in [0.15, 0.2) is 5.16 Å². The van der Waals surface area contributed by atoms with Crippen LogP contribution in [0.1, 0.15) is 16.4 Å². The summed E-state index contributed by atoms with van der Waals surface area (Å²) in [6.45, 7) is 1.95. The van der Waals surface area contributed by atoms with E-state index in [-0.39, 0.29) is 5.91 Å². The number of carbonyl (C=O) groups excluding carboxylic acids is 1. The van der Waals surface area contributed by atoms with Crippen molar-refractivity contribution in [1.82, 2.24) is 19.7 Å². The van der Waals surface area contributed by atoms with Gasteiger partial charge in [0.25, 0.3) is 0 Å². The Morgan fingerprint density at radius 1 is 1.19 bits per heavy atom. The zero-order valence-corrected chi connectivity index (χ0v) is 16.3. The lowest BCUT2D eigenvalue weighted by Crippen LogP contribution is -2.26. The second-order valence-corrected chi connectivity index (χ2v) is 7.54. The highest BCUT2D eigenvalue weighted by Crippen LogP contribution is 2.36. The molecular weight excluding hydrogens is 368 g/mol. The molecule has 26 heavy (non-hydrogen) atoms. The Hall–Kier alpha value is -2.31. The van der Waals surface area contributed by atoms with Crippen molar-refractivity contribution in [2.24, 2.45) is 0 Å². The summed E-state index contributed by atoms with van der Waals surface area (Å²) in [5.74, 6) is -0.00214. The minimum Gasteiger partial charge on any atom is -0.348 e. The van der Waals surface area contributed by atoms with E-state index in [1.54, 1.807) is 25.3 Å². The number of aromatic nitrogens is 3. The van der Waals surface area contributed by atoms with E-state index in [0.717, 1.165) is 16.8 Å². The molecule has 0 fully saturated rings. The third-order valence-electron chi connectivity index (χ3n) is 3.94. The zero-order chi connectivity index (χ0) is 18.7. The highest BCUT2D eigenvalue weighted by atomic mass is 35.5. The van der Waals surface area contributed by atoms with E-state index < -0.39 is 5.25 Å². The van der Waals surface area contributed by atoms with E-state index in [2.05, 4.69) is 10.2 Å². The lowest BCUT2D eigenvalue weighted by molar-refractivity contribution is -0.128. The average molecular weight is 387 g/mol. The molecule has 5 nitrogen and oxygen atoms in total. The van der Waals surface area contributed by atoms with Crippen molar-refractivity contribution in [3.63, 3.8) is 0 Å². The third kappa shape index (κ3) is 3.92. The molecule has 0 bridgehead atoms. The van der Waals surface area contributed by atoms with Crippen molar-refractivity contribution in [3.8, 4) is 5.69 Å². The van der Waals surface area contributed by atoms with Gasteiger partial charge in [-0.15, -0.1) is 10.2 Å². The van der Waals surface area contributed by atoms with Crippen LogP contribution in [0.3, 0.4) is 0 Å². The van der Waals surface area contributed by atoms with E-state index in [9.17, 15) is 4.79 Å². The Morgan fingerprint density at radius 2 is 1.92 bits per heavy atom. The van der Waals surface area contributed by atoms with E-state index >= 15 is 0 Å². The van der Waals surface area contributed by atoms with Gasteiger partial charge in [0.1, 0.15) is 11.6 Å². The molecule has 0 aliphatic heterocycles. The van der Waals surface area contributed by atoms with E-state index in [0.29, 0.717) is 10.2 Å². The van der Waals surface area contributed by atoms with E-state index in [1.807, 2.05) is 60.0 Å². The molecule has 3 rings (SSSR count). The molecule has 0 aliphatic rings. The number of amides is 1. The number of nitrogens with zero attached hydrogens (tertiary/aromatic N) is 4. The number of carbonyl (C=O) groups is 1. The maximum absolute atomic E-state index is 12.7. The lowest BCUT2D eigenvalue weighted by Gasteiger charge is -2.20. The number of thioether (sulfide) groups is 1. The van der Waals surface area contributed by atoms with Crippen LogP contribution < -0.4 is 0 Å². The molecule has 0 aliphatic carbocycles. The number of hydrogen-bond donors (Lipinski definition) is 0. The summed E-state index contributed by atoms with van der Waals surface area (Å²) in [6, 6.07) is 15.5. The van der Waals surface area contributed by atoms with Crippen molar-refractivity contribution in [3.05, 3.63) is 71.0 Å². The van der Waals surface area contributed by atoms with Gasteiger partial charge in [0, 0.05) is 19.1 Å². The summed E-state index contributed by atoms with van der Waals surface area (Å²) in [5, 5.41) is 9.14. The first-order valence-electron chi connectivity index (χ1n) is 8.06. The lowest BCUT2D eigenvalue weighted by atomic mass is 10.1. The Labute approximate surface area is 162 Å². The van der Waals surface area contributed by atoms with Crippen molar-refractivity contribution < 1.29 is 4.79 Å². The summed E-state index contributed by atoms with van der Waals surface area (Å²) in [5.41, 5.74) is 2.78. The van der Waals surface area contributed by atoms with Crippen LogP contribution in [0.25, 0.3) is 5.69 Å². The maximum Gasteiger partial charge on any atom is 0.240 e. The zero-order valence-electron chi connectivity index (χ0n) is 14.8. The Bertz CT molecular complexity index is 911. The monoisotopic (exact) mass is 386 g/mol. The van der Waals surface area contributed by atoms with Crippen LogP contribution in [0.15, 0.2) is 60.0 Å². The molecule has 1 heterocycles. The fraction of sp³-hybridized carbons (Fsp3) is 0.211. The van der Waals surface area contributed by atoms with Crippen molar-refractivity contribution in [1.29, 1.82) is 0 Å². The van der Waals surface area contributed by atoms with Gasteiger partial charge >= 0.3 is 0 Å². The van der Waals surface area contributed by atoms with Crippen molar-refractivity contribution in [2.75, 3.05) is 14.1 Å². The number of likely N-dealkylation sites (N-methyl/N-ethyl adjacent to an activating group) is 1. The molecule has 134 valence electrons. The fourth-order valence-corrected chi connectivity index (χ4v) is 3.79. The predicted molar refractivity (Wildman–Crippen MR) is 105 cm³/mol. The Balaban J connectivity index is 1.97. The maximum atomic E-state index is 12.7. The summed E-state index contributed by atoms with van der Waals surface area (Å²) >= 11 is 7.63. The van der Waals surface area contributed by atoms with Gasteiger partial charge < -0.3 is 4.90 Å². The van der Waals surface area contributed by atoms with Gasteiger partial charge in [-0.3, -0.25) is 9.36 Å². The summed E-state index contributed by atoms with van der Waals surface area (Å²) in [4.78, 5) is 14.3. The number of aryl methyl sites for hydroxylation is 1. The molecule has 1 amide bonds. The molecule has 7 heteroatoms. The molecule has 0 N–H and O–H groups in total. The topological polar surface area (TPSA) is 51.0 Å². The molecule has 0 spiro atoms. The first-order valence-corrected chi connectivity index (χ1v) is 9.32. The molecule has 1 aromatic heterocycles. The summed E-state index contributed by atoms with van der Waals surface area (Å²) in [6.07, 6.45) is 1.63. The summed E-state index contributed by atoms with van der Waals surface area (Å²) in [7, 11) is 3.51. The van der Waals surface area contributed by atoms with Gasteiger partial charge in [-0.05, 0) is 30.2 Å². The van der Waals surface area contributed by atoms with Crippen LogP contribution >= 0.6 is 23.4 Å². The average Bonchev–Trinajstić information content (AvgIpc) is 3.10. The first-order chi connectivity index (χ1) is 12.5. The number of halogens is 1. The van der Waals surface area contributed by atoms with Crippen molar-refractivity contribution >= 4 is 29.3 Å². The minimum absolute atomic E-state index is 0.00214. The van der Waals surface area contributed by atoms with Gasteiger partial charge in [-0.1, -0.05) is 59.8 Å². The highest BCUT2D eigenvalue weighted by molar-refractivity contribution is 8.00. The number of hydrogen-bond acceptors (Lipinski definition) is 4.